The van der Waals surface area contributed by atoms with Crippen LogP contribution in [0.1, 0.15) is 52.9 Å². The lowest BCUT2D eigenvalue weighted by Crippen LogP contribution is -2.55. The molecule has 3 nitrogen and oxygen atoms in total. The number of aliphatic hydroxyl groups excluding tert-OH is 1. The number of carbonyl (C=O) groups is 1. The highest BCUT2D eigenvalue weighted by molar-refractivity contribution is 5.86. The smallest absolute Gasteiger partial charge is 0.161 e. The number of Topliss-reactive ketones (excluding diaryl/α,β-unsaturated/α-hetero) is 1. The average molecular weight is 252 g/mol. The summed E-state index contributed by atoms with van der Waals surface area (Å²) >= 11 is 0. The van der Waals surface area contributed by atoms with Crippen LogP contribution in [0.5, 0.6) is 0 Å². The summed E-state index contributed by atoms with van der Waals surface area (Å²) in [5, 5.41) is 20.1. The molecule has 0 aromatic heterocycles. The quantitative estimate of drug-likeness (QED) is 0.741. The van der Waals surface area contributed by atoms with E-state index in [0.717, 1.165) is 24.8 Å². The largest absolute Gasteiger partial charge is 0.392 e. The van der Waals surface area contributed by atoms with Crippen LogP contribution in [0.3, 0.4) is 0 Å². The second-order valence-electron chi connectivity index (χ2n) is 6.61. The van der Waals surface area contributed by atoms with Gasteiger partial charge in [0, 0.05) is 5.41 Å². The molecule has 0 unspecified atom stereocenters. The summed E-state index contributed by atoms with van der Waals surface area (Å²) in [6.45, 7) is 5.92. The van der Waals surface area contributed by atoms with Gasteiger partial charge in [0.15, 0.2) is 5.78 Å². The van der Waals surface area contributed by atoms with E-state index in [9.17, 15) is 15.0 Å². The Bertz CT molecular complexity index is 397. The summed E-state index contributed by atoms with van der Waals surface area (Å²) in [5.41, 5.74) is -0.544. The van der Waals surface area contributed by atoms with Gasteiger partial charge in [-0.2, -0.15) is 0 Å². The summed E-state index contributed by atoms with van der Waals surface area (Å²) < 4.78 is 0. The molecule has 102 valence electrons. The zero-order chi connectivity index (χ0) is 13.6. The van der Waals surface area contributed by atoms with Crippen LogP contribution in [0.15, 0.2) is 11.6 Å². The number of hydrogen-bond acceptors (Lipinski definition) is 3. The van der Waals surface area contributed by atoms with Gasteiger partial charge < -0.3 is 10.2 Å². The van der Waals surface area contributed by atoms with Crippen molar-refractivity contribution in [2.75, 3.05) is 6.61 Å². The van der Waals surface area contributed by atoms with Gasteiger partial charge in [-0.1, -0.05) is 19.9 Å². The van der Waals surface area contributed by atoms with Crippen LogP contribution >= 0.6 is 0 Å². The lowest BCUT2D eigenvalue weighted by atomic mass is 9.55. The van der Waals surface area contributed by atoms with Gasteiger partial charge in [-0.3, -0.25) is 4.79 Å². The number of aliphatic hydroxyl groups is 2. The molecule has 0 bridgehead atoms. The Kier molecular flexibility index (Phi) is 3.19. The second-order valence-corrected chi connectivity index (χ2v) is 6.61. The first-order valence-electron chi connectivity index (χ1n) is 6.81. The molecular weight excluding hydrogens is 228 g/mol. The Labute approximate surface area is 109 Å². The number of allylic oxidation sites excluding steroid dienone is 1. The highest BCUT2D eigenvalue weighted by Crippen LogP contribution is 2.64. The molecular formula is C15H24O3. The Morgan fingerprint density at radius 1 is 1.33 bits per heavy atom. The van der Waals surface area contributed by atoms with Crippen molar-refractivity contribution in [3.63, 3.8) is 0 Å². The highest BCUT2D eigenvalue weighted by atomic mass is 16.3. The third-order valence-electron chi connectivity index (χ3n) is 5.60. The third-order valence-corrected chi connectivity index (χ3v) is 5.60. The molecule has 0 aromatic carbocycles. The van der Waals surface area contributed by atoms with Crippen LogP contribution in [-0.2, 0) is 4.79 Å². The van der Waals surface area contributed by atoms with E-state index in [4.69, 9.17) is 0 Å². The molecule has 2 N–H and O–H groups in total. The Hall–Kier alpha value is -0.670. The Balaban J connectivity index is 2.44. The monoisotopic (exact) mass is 252 g/mol. The maximum atomic E-state index is 12.0. The second kappa shape index (κ2) is 4.17. The fraction of sp³-hybridized carbons (Fsp3) is 0.800. The molecule has 0 radical (unpaired) electrons. The predicted octanol–water partition coefficient (Wildman–Crippen LogP) is 2.22. The SMILES string of the molecule is CC(=O)[C@]1(O)CCC(C)(C)[C@]12CC=C(CO)CC2. The maximum absolute atomic E-state index is 12.0. The Morgan fingerprint density at radius 3 is 2.44 bits per heavy atom. The molecule has 0 aromatic rings. The van der Waals surface area contributed by atoms with Crippen molar-refractivity contribution in [3.8, 4) is 0 Å². The van der Waals surface area contributed by atoms with Crippen LogP contribution in [0, 0.1) is 10.8 Å². The topological polar surface area (TPSA) is 57.5 Å². The fourth-order valence-electron chi connectivity index (χ4n) is 4.08. The van der Waals surface area contributed by atoms with Crippen molar-refractivity contribution in [3.05, 3.63) is 11.6 Å². The van der Waals surface area contributed by atoms with Crippen molar-refractivity contribution in [2.45, 2.75) is 58.5 Å². The van der Waals surface area contributed by atoms with Crippen LogP contribution in [-0.4, -0.2) is 28.2 Å². The molecule has 3 heteroatoms. The Morgan fingerprint density at radius 2 is 2.00 bits per heavy atom. The first kappa shape index (κ1) is 13.8. The van der Waals surface area contributed by atoms with Crippen molar-refractivity contribution in [2.24, 2.45) is 10.8 Å². The molecule has 18 heavy (non-hydrogen) atoms. The molecule has 1 saturated carbocycles. The van der Waals surface area contributed by atoms with Crippen LogP contribution in [0.25, 0.3) is 0 Å². The van der Waals surface area contributed by atoms with E-state index in [-0.39, 0.29) is 23.2 Å². The van der Waals surface area contributed by atoms with E-state index in [1.165, 1.54) is 6.92 Å². The number of hydrogen-bond donors (Lipinski definition) is 2. The van der Waals surface area contributed by atoms with Gasteiger partial charge >= 0.3 is 0 Å². The van der Waals surface area contributed by atoms with Gasteiger partial charge in [0.25, 0.3) is 0 Å². The van der Waals surface area contributed by atoms with E-state index >= 15 is 0 Å². The van der Waals surface area contributed by atoms with E-state index in [2.05, 4.69) is 13.8 Å². The lowest BCUT2D eigenvalue weighted by Gasteiger charge is -2.50. The molecule has 2 aliphatic rings. The molecule has 0 saturated heterocycles. The summed E-state index contributed by atoms with van der Waals surface area (Å²) in [7, 11) is 0. The first-order valence-corrected chi connectivity index (χ1v) is 6.81. The van der Waals surface area contributed by atoms with E-state index < -0.39 is 5.60 Å². The summed E-state index contributed by atoms with van der Waals surface area (Å²) in [6.07, 6.45) is 5.76. The normalized spacial score (nSPS) is 38.8. The van der Waals surface area contributed by atoms with Crippen molar-refractivity contribution in [1.29, 1.82) is 0 Å². The summed E-state index contributed by atoms with van der Waals surface area (Å²) in [5.74, 6) is -0.103. The third kappa shape index (κ3) is 1.60. The minimum Gasteiger partial charge on any atom is -0.392 e. The standard InChI is InChI=1S/C15H24O3/c1-11(17)15(18)9-8-13(2,3)14(15)6-4-12(10-16)5-7-14/h4,16,18H,5-10H2,1-3H3/t14-,15-/m1/s1. The molecule has 1 fully saturated rings. The summed E-state index contributed by atoms with van der Waals surface area (Å²) in [6, 6.07) is 0. The van der Waals surface area contributed by atoms with E-state index in [1.54, 1.807) is 0 Å². The molecule has 1 spiro atoms. The van der Waals surface area contributed by atoms with Gasteiger partial charge in [-0.25, -0.2) is 0 Å². The van der Waals surface area contributed by atoms with Gasteiger partial charge in [-0.05, 0) is 50.0 Å². The van der Waals surface area contributed by atoms with Crippen LogP contribution in [0.2, 0.25) is 0 Å². The zero-order valence-corrected chi connectivity index (χ0v) is 11.6. The maximum Gasteiger partial charge on any atom is 0.161 e. The van der Waals surface area contributed by atoms with Gasteiger partial charge in [0.05, 0.1) is 6.61 Å². The molecule has 0 heterocycles. The van der Waals surface area contributed by atoms with Gasteiger partial charge in [0.2, 0.25) is 0 Å². The minimum absolute atomic E-state index is 0.0368. The molecule has 2 aliphatic carbocycles. The average Bonchev–Trinajstić information content (AvgIpc) is 2.53. The van der Waals surface area contributed by atoms with Crippen LogP contribution < -0.4 is 0 Å². The first-order chi connectivity index (χ1) is 8.29. The van der Waals surface area contributed by atoms with E-state index in [1.807, 2.05) is 6.08 Å². The number of carbonyl (C=O) groups excluding carboxylic acids is 1. The zero-order valence-electron chi connectivity index (χ0n) is 11.6. The van der Waals surface area contributed by atoms with Crippen molar-refractivity contribution in [1.82, 2.24) is 0 Å². The van der Waals surface area contributed by atoms with Crippen molar-refractivity contribution >= 4 is 5.78 Å². The van der Waals surface area contributed by atoms with Gasteiger partial charge in [-0.15, -0.1) is 0 Å². The minimum atomic E-state index is -1.19. The molecule has 0 amide bonds. The van der Waals surface area contributed by atoms with E-state index in [0.29, 0.717) is 12.8 Å². The number of ketones is 1. The molecule has 0 aliphatic heterocycles. The fourth-order valence-corrected chi connectivity index (χ4v) is 4.08. The number of rotatable bonds is 2. The summed E-state index contributed by atoms with van der Waals surface area (Å²) in [4.78, 5) is 12.0. The molecule has 2 atom stereocenters. The highest BCUT2D eigenvalue weighted by Gasteiger charge is 2.64. The predicted molar refractivity (Wildman–Crippen MR) is 70.1 cm³/mol. The van der Waals surface area contributed by atoms with Crippen molar-refractivity contribution < 1.29 is 15.0 Å². The molecule has 2 rings (SSSR count). The van der Waals surface area contributed by atoms with Crippen LogP contribution in [0.4, 0.5) is 0 Å². The lowest BCUT2D eigenvalue weighted by molar-refractivity contribution is -0.156. The van der Waals surface area contributed by atoms with Gasteiger partial charge in [0.1, 0.15) is 5.60 Å².